The van der Waals surface area contributed by atoms with E-state index in [2.05, 4.69) is 38.2 Å². The first-order chi connectivity index (χ1) is 10.9. The van der Waals surface area contributed by atoms with Gasteiger partial charge in [-0.1, -0.05) is 18.6 Å². The van der Waals surface area contributed by atoms with E-state index in [-0.39, 0.29) is 12.0 Å². The highest BCUT2D eigenvalue weighted by Crippen LogP contribution is 2.31. The number of fused-ring (bicyclic) bond motifs is 1. The van der Waals surface area contributed by atoms with E-state index < -0.39 is 9.84 Å². The molecule has 0 unspecified atom stereocenters. The summed E-state index contributed by atoms with van der Waals surface area (Å²) in [7, 11) is -2.81. The molecule has 1 saturated heterocycles. The minimum absolute atomic E-state index is 0.0842. The first kappa shape index (κ1) is 16.5. The SMILES string of the molecule is CCc1c([C@@H](C)NC[C@H]2CCS(=O)(=O)C2)oc2ccc(C)cc12. The van der Waals surface area contributed by atoms with Crippen LogP contribution in [0.3, 0.4) is 0 Å². The van der Waals surface area contributed by atoms with Crippen molar-refractivity contribution in [2.45, 2.75) is 39.7 Å². The van der Waals surface area contributed by atoms with E-state index in [9.17, 15) is 8.42 Å². The first-order valence-electron chi connectivity index (χ1n) is 8.35. The van der Waals surface area contributed by atoms with Gasteiger partial charge in [0.1, 0.15) is 11.3 Å². The van der Waals surface area contributed by atoms with Crippen molar-refractivity contribution in [3.05, 3.63) is 35.1 Å². The largest absolute Gasteiger partial charge is 0.459 e. The molecule has 1 aliphatic rings. The Balaban J connectivity index is 1.77. The highest BCUT2D eigenvalue weighted by Gasteiger charge is 2.28. The molecule has 1 N–H and O–H groups in total. The van der Waals surface area contributed by atoms with Gasteiger partial charge in [-0.2, -0.15) is 0 Å². The number of rotatable bonds is 5. The lowest BCUT2D eigenvalue weighted by atomic mass is 10.0. The Kier molecular flexibility index (Phi) is 4.52. The van der Waals surface area contributed by atoms with Gasteiger partial charge in [0.25, 0.3) is 0 Å². The third-order valence-corrected chi connectivity index (χ3v) is 6.60. The lowest BCUT2D eigenvalue weighted by molar-refractivity contribution is 0.415. The number of nitrogens with one attached hydrogen (secondary N) is 1. The number of sulfone groups is 1. The average molecular weight is 335 g/mol. The van der Waals surface area contributed by atoms with Gasteiger partial charge in [-0.3, -0.25) is 0 Å². The minimum atomic E-state index is -2.81. The van der Waals surface area contributed by atoms with Crippen molar-refractivity contribution in [2.24, 2.45) is 5.92 Å². The fourth-order valence-electron chi connectivity index (χ4n) is 3.46. The summed E-state index contributed by atoms with van der Waals surface area (Å²) in [4.78, 5) is 0. The predicted molar refractivity (Wildman–Crippen MR) is 93.5 cm³/mol. The third kappa shape index (κ3) is 3.45. The van der Waals surface area contributed by atoms with E-state index in [1.54, 1.807) is 0 Å². The summed E-state index contributed by atoms with van der Waals surface area (Å²) >= 11 is 0. The maximum atomic E-state index is 11.6. The standard InChI is InChI=1S/C18H25NO3S/c1-4-15-16-9-12(2)5-6-17(16)22-18(15)13(3)19-10-14-7-8-23(20,21)11-14/h5-6,9,13-14,19H,4,7-8,10-11H2,1-3H3/t13-,14-/m1/s1. The van der Waals surface area contributed by atoms with Crippen LogP contribution >= 0.6 is 0 Å². The lowest BCUT2D eigenvalue weighted by Gasteiger charge is -2.16. The van der Waals surface area contributed by atoms with Crippen LogP contribution in [0.4, 0.5) is 0 Å². The van der Waals surface area contributed by atoms with Crippen LogP contribution < -0.4 is 5.32 Å². The van der Waals surface area contributed by atoms with E-state index >= 15 is 0 Å². The van der Waals surface area contributed by atoms with E-state index in [1.807, 2.05) is 6.07 Å². The molecule has 1 aromatic carbocycles. The summed E-state index contributed by atoms with van der Waals surface area (Å²) in [6.45, 7) is 7.05. The van der Waals surface area contributed by atoms with Crippen LogP contribution in [-0.2, 0) is 16.3 Å². The minimum Gasteiger partial charge on any atom is -0.459 e. The Bertz CT molecular complexity index is 807. The highest BCUT2D eigenvalue weighted by molar-refractivity contribution is 7.91. The van der Waals surface area contributed by atoms with Crippen LogP contribution in [0.5, 0.6) is 0 Å². The second-order valence-corrected chi connectivity index (χ2v) is 8.93. The van der Waals surface area contributed by atoms with Crippen molar-refractivity contribution in [3.63, 3.8) is 0 Å². The molecule has 126 valence electrons. The maximum Gasteiger partial charge on any atom is 0.150 e. The molecule has 0 bridgehead atoms. The topological polar surface area (TPSA) is 59.3 Å². The van der Waals surface area contributed by atoms with Crippen molar-refractivity contribution in [1.82, 2.24) is 5.32 Å². The van der Waals surface area contributed by atoms with Gasteiger partial charge >= 0.3 is 0 Å². The van der Waals surface area contributed by atoms with Crippen LogP contribution in [0.1, 0.15) is 43.2 Å². The second kappa shape index (κ2) is 6.29. The molecule has 23 heavy (non-hydrogen) atoms. The fourth-order valence-corrected chi connectivity index (χ4v) is 5.33. The summed E-state index contributed by atoms with van der Waals surface area (Å²) in [5.74, 6) is 1.85. The number of hydrogen-bond donors (Lipinski definition) is 1. The smallest absolute Gasteiger partial charge is 0.150 e. The summed E-state index contributed by atoms with van der Waals surface area (Å²) in [5.41, 5.74) is 3.42. The van der Waals surface area contributed by atoms with Gasteiger partial charge in [0.2, 0.25) is 0 Å². The number of furan rings is 1. The molecule has 4 nitrogen and oxygen atoms in total. The Morgan fingerprint density at radius 1 is 1.39 bits per heavy atom. The van der Waals surface area contributed by atoms with Gasteiger partial charge in [0, 0.05) is 10.9 Å². The Labute approximate surface area is 138 Å². The third-order valence-electron chi connectivity index (χ3n) is 4.76. The van der Waals surface area contributed by atoms with Crippen LogP contribution in [0.15, 0.2) is 22.6 Å². The fraction of sp³-hybridized carbons (Fsp3) is 0.556. The van der Waals surface area contributed by atoms with Crippen LogP contribution in [0.2, 0.25) is 0 Å². The molecule has 0 spiro atoms. The molecular weight excluding hydrogens is 310 g/mol. The quantitative estimate of drug-likeness (QED) is 0.910. The van der Waals surface area contributed by atoms with Crippen molar-refractivity contribution in [3.8, 4) is 0 Å². The summed E-state index contributed by atoms with van der Waals surface area (Å²) in [6.07, 6.45) is 1.69. The van der Waals surface area contributed by atoms with Crippen molar-refractivity contribution in [2.75, 3.05) is 18.1 Å². The molecule has 0 aliphatic carbocycles. The maximum absolute atomic E-state index is 11.6. The van der Waals surface area contributed by atoms with Crippen molar-refractivity contribution >= 4 is 20.8 Å². The van der Waals surface area contributed by atoms with E-state index in [1.165, 1.54) is 16.5 Å². The van der Waals surface area contributed by atoms with Crippen LogP contribution in [0.25, 0.3) is 11.0 Å². The normalized spacial score (nSPS) is 21.8. The van der Waals surface area contributed by atoms with Gasteiger partial charge in [-0.15, -0.1) is 0 Å². The zero-order valence-electron chi connectivity index (χ0n) is 14.1. The number of aryl methyl sites for hydroxylation is 2. The van der Waals surface area contributed by atoms with E-state index in [0.29, 0.717) is 11.5 Å². The van der Waals surface area contributed by atoms with Gasteiger partial charge < -0.3 is 9.73 Å². The molecule has 2 heterocycles. The van der Waals surface area contributed by atoms with E-state index in [0.717, 1.165) is 30.7 Å². The zero-order chi connectivity index (χ0) is 16.6. The monoisotopic (exact) mass is 335 g/mol. The Hall–Kier alpha value is -1.33. The molecule has 0 radical (unpaired) electrons. The molecule has 5 heteroatoms. The van der Waals surface area contributed by atoms with Gasteiger partial charge in [-0.25, -0.2) is 8.42 Å². The Morgan fingerprint density at radius 3 is 2.83 bits per heavy atom. The van der Waals surface area contributed by atoms with Crippen LogP contribution in [-0.4, -0.2) is 26.5 Å². The molecular formula is C18H25NO3S. The highest BCUT2D eigenvalue weighted by atomic mass is 32.2. The number of hydrogen-bond acceptors (Lipinski definition) is 4. The van der Waals surface area contributed by atoms with Gasteiger partial charge in [-0.05, 0) is 51.3 Å². The molecule has 0 saturated carbocycles. The molecule has 1 aromatic heterocycles. The predicted octanol–water partition coefficient (Wildman–Crippen LogP) is 3.39. The van der Waals surface area contributed by atoms with Gasteiger partial charge in [0.15, 0.2) is 9.84 Å². The zero-order valence-corrected chi connectivity index (χ0v) is 14.9. The molecule has 1 fully saturated rings. The first-order valence-corrected chi connectivity index (χ1v) is 10.2. The molecule has 0 amide bonds. The molecule has 2 aromatic rings. The van der Waals surface area contributed by atoms with Crippen LogP contribution in [0, 0.1) is 12.8 Å². The van der Waals surface area contributed by atoms with E-state index in [4.69, 9.17) is 4.42 Å². The number of benzene rings is 1. The van der Waals surface area contributed by atoms with Crippen molar-refractivity contribution < 1.29 is 12.8 Å². The molecule has 1 aliphatic heterocycles. The summed E-state index contributed by atoms with van der Waals surface area (Å²) in [5, 5.41) is 4.66. The van der Waals surface area contributed by atoms with Crippen molar-refractivity contribution in [1.29, 1.82) is 0 Å². The summed E-state index contributed by atoms with van der Waals surface area (Å²) < 4.78 is 29.2. The molecule has 3 rings (SSSR count). The average Bonchev–Trinajstić information content (AvgIpc) is 3.04. The molecule has 2 atom stereocenters. The Morgan fingerprint density at radius 2 is 2.17 bits per heavy atom. The van der Waals surface area contributed by atoms with Gasteiger partial charge in [0.05, 0.1) is 17.5 Å². The summed E-state index contributed by atoms with van der Waals surface area (Å²) in [6, 6.07) is 6.36. The lowest BCUT2D eigenvalue weighted by Crippen LogP contribution is -2.26. The second-order valence-electron chi connectivity index (χ2n) is 6.70.